The lowest BCUT2D eigenvalue weighted by Gasteiger charge is -2.03. The minimum Gasteiger partial charge on any atom is -0.312 e. The zero-order valence-corrected chi connectivity index (χ0v) is 16.3. The zero-order valence-electron chi connectivity index (χ0n) is 15.5. The summed E-state index contributed by atoms with van der Waals surface area (Å²) in [5.74, 6) is -0.315. The molecule has 0 spiro atoms. The van der Waals surface area contributed by atoms with Gasteiger partial charge >= 0.3 is 0 Å². The van der Waals surface area contributed by atoms with E-state index >= 15 is 0 Å². The Morgan fingerprint density at radius 2 is 2.19 bits per heavy atom. The minimum absolute atomic E-state index is 0.315. The van der Waals surface area contributed by atoms with Gasteiger partial charge in [0, 0.05) is 19.3 Å². The molecule has 136 valence electrons. The van der Waals surface area contributed by atoms with Gasteiger partial charge in [0.1, 0.15) is 0 Å². The first-order valence-corrected chi connectivity index (χ1v) is 9.68. The molecule has 6 heteroatoms. The number of hydrogen-bond acceptors (Lipinski definition) is 3. The first-order chi connectivity index (χ1) is 12.5. The predicted octanol–water partition coefficient (Wildman–Crippen LogP) is 4.01. The van der Waals surface area contributed by atoms with E-state index in [0.717, 1.165) is 22.3 Å². The molecule has 2 heterocycles. The van der Waals surface area contributed by atoms with Gasteiger partial charge < -0.3 is 4.57 Å². The molecule has 0 bridgehead atoms. The van der Waals surface area contributed by atoms with Crippen LogP contribution < -0.4 is 4.80 Å². The van der Waals surface area contributed by atoms with Crippen LogP contribution in [0, 0.1) is 6.92 Å². The Morgan fingerprint density at radius 1 is 1.38 bits per heavy atom. The third kappa shape index (κ3) is 3.70. The van der Waals surface area contributed by atoms with Gasteiger partial charge in [-0.25, -0.2) is 0 Å². The van der Waals surface area contributed by atoms with Gasteiger partial charge in [0.25, 0.3) is 5.91 Å². The van der Waals surface area contributed by atoms with E-state index in [1.807, 2.05) is 24.6 Å². The molecular formula is C20H24N4OS. The summed E-state index contributed by atoms with van der Waals surface area (Å²) >= 11 is 1.54. The Balaban J connectivity index is 2.06. The molecule has 0 N–H and O–H groups in total. The molecule has 2 aromatic heterocycles. The highest BCUT2D eigenvalue weighted by atomic mass is 32.1. The maximum Gasteiger partial charge on any atom is 0.300 e. The first-order valence-electron chi connectivity index (χ1n) is 8.86. The number of aryl methyl sites for hydroxylation is 3. The lowest BCUT2D eigenvalue weighted by atomic mass is 10.1. The van der Waals surface area contributed by atoms with Crippen molar-refractivity contribution in [3.05, 3.63) is 58.7 Å². The third-order valence-electron chi connectivity index (χ3n) is 4.41. The van der Waals surface area contributed by atoms with Crippen LogP contribution in [-0.2, 0) is 20.0 Å². The van der Waals surface area contributed by atoms with Crippen LogP contribution in [0.25, 0.3) is 10.2 Å². The lowest BCUT2D eigenvalue weighted by Crippen LogP contribution is -2.16. The Bertz CT molecular complexity index is 1000. The molecule has 1 aromatic carbocycles. The van der Waals surface area contributed by atoms with Crippen molar-refractivity contribution >= 4 is 27.5 Å². The van der Waals surface area contributed by atoms with Crippen molar-refractivity contribution in [3.8, 4) is 0 Å². The van der Waals surface area contributed by atoms with Gasteiger partial charge in [-0.15, -0.1) is 6.58 Å². The Morgan fingerprint density at radius 3 is 2.85 bits per heavy atom. The number of aromatic nitrogens is 3. The largest absolute Gasteiger partial charge is 0.312 e. The summed E-state index contributed by atoms with van der Waals surface area (Å²) in [6.07, 6.45) is 5.26. The van der Waals surface area contributed by atoms with E-state index in [2.05, 4.69) is 41.8 Å². The summed E-state index contributed by atoms with van der Waals surface area (Å²) in [6, 6.07) is 8.26. The van der Waals surface area contributed by atoms with Crippen LogP contribution >= 0.6 is 11.3 Å². The van der Waals surface area contributed by atoms with Crippen LogP contribution in [0.1, 0.15) is 41.5 Å². The molecule has 0 aliphatic heterocycles. The van der Waals surface area contributed by atoms with Gasteiger partial charge in [-0.1, -0.05) is 36.8 Å². The van der Waals surface area contributed by atoms with Gasteiger partial charge in [-0.05, 0) is 43.5 Å². The molecule has 0 radical (unpaired) electrons. The smallest absolute Gasteiger partial charge is 0.300 e. The number of carbonyl (C=O) groups excluding carboxylic acids is 1. The number of hydrogen-bond donors (Lipinski definition) is 0. The highest BCUT2D eigenvalue weighted by Crippen LogP contribution is 2.20. The average Bonchev–Trinajstić information content (AvgIpc) is 3.13. The second-order valence-corrected chi connectivity index (χ2v) is 7.41. The van der Waals surface area contributed by atoms with Gasteiger partial charge in [0.2, 0.25) is 0 Å². The number of unbranched alkanes of at least 4 members (excludes halogenated alkanes) is 1. The molecule has 3 rings (SSSR count). The molecule has 0 unspecified atom stereocenters. The maximum absolute atomic E-state index is 12.5. The van der Waals surface area contributed by atoms with Crippen LogP contribution in [-0.4, -0.2) is 20.3 Å². The maximum atomic E-state index is 12.5. The monoisotopic (exact) mass is 368 g/mol. The molecular weight excluding hydrogens is 344 g/mol. The van der Waals surface area contributed by atoms with Crippen molar-refractivity contribution < 1.29 is 4.79 Å². The fourth-order valence-corrected chi connectivity index (χ4v) is 3.96. The molecule has 5 nitrogen and oxygen atoms in total. The quantitative estimate of drug-likeness (QED) is 0.617. The number of benzene rings is 1. The summed E-state index contributed by atoms with van der Waals surface area (Å²) in [7, 11) is 1.82. The summed E-state index contributed by atoms with van der Waals surface area (Å²) in [4.78, 5) is 17.6. The van der Waals surface area contributed by atoms with Crippen molar-refractivity contribution in [3.63, 3.8) is 0 Å². The van der Waals surface area contributed by atoms with Crippen LogP contribution in [0.2, 0.25) is 0 Å². The molecule has 0 saturated carbocycles. The van der Waals surface area contributed by atoms with Gasteiger partial charge in [-0.3, -0.25) is 9.48 Å². The van der Waals surface area contributed by atoms with Gasteiger partial charge in [0.05, 0.1) is 10.2 Å². The van der Waals surface area contributed by atoms with E-state index < -0.39 is 0 Å². The Labute approximate surface area is 157 Å². The number of nitrogens with zero attached hydrogens (tertiary/aromatic N) is 4. The van der Waals surface area contributed by atoms with Crippen LogP contribution in [0.4, 0.5) is 0 Å². The zero-order chi connectivity index (χ0) is 18.7. The summed E-state index contributed by atoms with van der Waals surface area (Å²) in [5, 5.41) is 4.23. The Kier molecular flexibility index (Phi) is 5.52. The SMILES string of the molecule is C=CCn1c(=NC(=O)c2cc(C)n(C)n2)sc2cc(CCCC)ccc21. The van der Waals surface area contributed by atoms with E-state index in [1.165, 1.54) is 29.7 Å². The lowest BCUT2D eigenvalue weighted by molar-refractivity contribution is 0.0992. The van der Waals surface area contributed by atoms with E-state index in [1.54, 1.807) is 10.7 Å². The van der Waals surface area contributed by atoms with Crippen molar-refractivity contribution in [2.45, 2.75) is 39.7 Å². The van der Waals surface area contributed by atoms with E-state index in [-0.39, 0.29) is 5.91 Å². The number of amides is 1. The van der Waals surface area contributed by atoms with Crippen molar-refractivity contribution in [2.24, 2.45) is 12.0 Å². The molecule has 0 fully saturated rings. The Hall–Kier alpha value is -2.47. The molecule has 1 amide bonds. The number of rotatable bonds is 6. The molecule has 0 saturated heterocycles. The number of allylic oxidation sites excluding steroid dienone is 1. The van der Waals surface area contributed by atoms with Gasteiger partial charge in [-0.2, -0.15) is 10.1 Å². The molecule has 3 aromatic rings. The second-order valence-electron chi connectivity index (χ2n) is 6.40. The second kappa shape index (κ2) is 7.83. The van der Waals surface area contributed by atoms with E-state index in [9.17, 15) is 4.79 Å². The molecule has 26 heavy (non-hydrogen) atoms. The predicted molar refractivity (Wildman–Crippen MR) is 106 cm³/mol. The van der Waals surface area contributed by atoms with E-state index in [4.69, 9.17) is 0 Å². The van der Waals surface area contributed by atoms with Crippen LogP contribution in [0.5, 0.6) is 0 Å². The molecule has 0 aliphatic carbocycles. The average molecular weight is 369 g/mol. The fourth-order valence-electron chi connectivity index (χ4n) is 2.85. The number of fused-ring (bicyclic) bond motifs is 1. The summed E-state index contributed by atoms with van der Waals surface area (Å²) < 4.78 is 4.86. The highest BCUT2D eigenvalue weighted by molar-refractivity contribution is 7.16. The topological polar surface area (TPSA) is 52.2 Å². The van der Waals surface area contributed by atoms with Crippen molar-refractivity contribution in [2.75, 3.05) is 0 Å². The first kappa shape index (κ1) is 18.3. The summed E-state index contributed by atoms with van der Waals surface area (Å²) in [6.45, 7) is 8.56. The summed E-state index contributed by atoms with van der Waals surface area (Å²) in [5.41, 5.74) is 3.71. The minimum atomic E-state index is -0.315. The third-order valence-corrected chi connectivity index (χ3v) is 5.45. The molecule has 0 atom stereocenters. The van der Waals surface area contributed by atoms with Gasteiger partial charge in [0.15, 0.2) is 10.5 Å². The van der Waals surface area contributed by atoms with Crippen LogP contribution in [0.3, 0.4) is 0 Å². The fraction of sp³-hybridized carbons (Fsp3) is 0.350. The number of thiazole rings is 1. The standard InChI is InChI=1S/C20H24N4OS/c1-5-7-8-15-9-10-17-18(13-15)26-20(24(17)11-6-2)21-19(25)16-12-14(3)23(4)22-16/h6,9-10,12-13H,2,5,7-8,11H2,1,3-4H3. The van der Waals surface area contributed by atoms with Crippen molar-refractivity contribution in [1.29, 1.82) is 0 Å². The number of carbonyl (C=O) groups is 1. The highest BCUT2D eigenvalue weighted by Gasteiger charge is 2.12. The molecule has 0 aliphatic rings. The van der Waals surface area contributed by atoms with Crippen molar-refractivity contribution in [1.82, 2.24) is 14.3 Å². The van der Waals surface area contributed by atoms with E-state index in [0.29, 0.717) is 17.0 Å². The normalized spacial score (nSPS) is 12.0. The van der Waals surface area contributed by atoms with Crippen LogP contribution in [0.15, 0.2) is 41.9 Å².